The molecule has 3 aromatic rings. The second-order valence-electron chi connectivity index (χ2n) is 4.33. The summed E-state index contributed by atoms with van der Waals surface area (Å²) in [5, 5.41) is 2.20. The van der Waals surface area contributed by atoms with E-state index in [-0.39, 0.29) is 5.56 Å². The van der Waals surface area contributed by atoms with Gasteiger partial charge in [0.2, 0.25) is 0 Å². The summed E-state index contributed by atoms with van der Waals surface area (Å²) < 4.78 is 39.4. The maximum absolute atomic E-state index is 13.5. The normalized spacial score (nSPS) is 10.8. The minimum Gasteiger partial charge on any atom is -0.345 e. The van der Waals surface area contributed by atoms with Crippen LogP contribution < -0.4 is 5.32 Å². The van der Waals surface area contributed by atoms with Gasteiger partial charge in [0.1, 0.15) is 5.82 Å². The molecular formula is C14H8F3N3O. The van der Waals surface area contributed by atoms with E-state index in [9.17, 15) is 18.0 Å². The Morgan fingerprint density at radius 3 is 2.62 bits per heavy atom. The molecule has 0 aliphatic carbocycles. The van der Waals surface area contributed by atoms with Gasteiger partial charge in [0.05, 0.1) is 23.0 Å². The summed E-state index contributed by atoms with van der Waals surface area (Å²) >= 11 is 0. The lowest BCUT2D eigenvalue weighted by Gasteiger charge is -2.07. The summed E-state index contributed by atoms with van der Waals surface area (Å²) in [6.07, 6.45) is 1.47. The fourth-order valence-corrected chi connectivity index (χ4v) is 1.89. The van der Waals surface area contributed by atoms with Crippen LogP contribution in [0, 0.1) is 17.5 Å². The van der Waals surface area contributed by atoms with Crippen LogP contribution >= 0.6 is 0 Å². The summed E-state index contributed by atoms with van der Waals surface area (Å²) in [5.41, 5.74) is 1.11. The molecule has 0 aliphatic rings. The highest BCUT2D eigenvalue weighted by atomic mass is 19.2. The number of anilines is 1. The largest absolute Gasteiger partial charge is 0.345 e. The van der Waals surface area contributed by atoms with Gasteiger partial charge in [-0.25, -0.2) is 18.2 Å². The molecule has 0 fully saturated rings. The fraction of sp³-hybridized carbons (Fsp3) is 0. The Bertz CT molecular complexity index is 845. The Morgan fingerprint density at radius 2 is 1.81 bits per heavy atom. The molecule has 7 heteroatoms. The Labute approximate surface area is 116 Å². The molecule has 0 bridgehead atoms. The first-order valence-corrected chi connectivity index (χ1v) is 5.93. The number of carbonyl (C=O) groups excluding carboxylic acids is 1. The number of aromatic nitrogens is 2. The molecule has 0 aliphatic heterocycles. The van der Waals surface area contributed by atoms with Crippen LogP contribution in [0.2, 0.25) is 0 Å². The van der Waals surface area contributed by atoms with Crippen molar-refractivity contribution in [3.8, 4) is 0 Å². The number of benzene rings is 2. The van der Waals surface area contributed by atoms with Gasteiger partial charge in [-0.2, -0.15) is 0 Å². The monoisotopic (exact) mass is 291 g/mol. The van der Waals surface area contributed by atoms with Gasteiger partial charge in [-0.05, 0) is 18.2 Å². The molecule has 21 heavy (non-hydrogen) atoms. The van der Waals surface area contributed by atoms with Gasteiger partial charge in [-0.1, -0.05) is 0 Å². The van der Waals surface area contributed by atoms with Crippen LogP contribution in [0.5, 0.6) is 0 Å². The van der Waals surface area contributed by atoms with E-state index in [0.29, 0.717) is 23.2 Å². The first-order chi connectivity index (χ1) is 10.0. The van der Waals surface area contributed by atoms with E-state index in [0.717, 1.165) is 0 Å². The van der Waals surface area contributed by atoms with Crippen molar-refractivity contribution in [3.05, 3.63) is 59.7 Å². The predicted octanol–water partition coefficient (Wildman–Crippen LogP) is 3.23. The molecule has 0 spiro atoms. The van der Waals surface area contributed by atoms with E-state index >= 15 is 0 Å². The molecule has 0 saturated carbocycles. The number of carbonyl (C=O) groups is 1. The summed E-state index contributed by atoms with van der Waals surface area (Å²) in [5.74, 6) is -4.25. The molecule has 106 valence electrons. The number of amides is 1. The molecule has 3 rings (SSSR count). The first kappa shape index (κ1) is 13.2. The molecule has 1 amide bonds. The second-order valence-corrected chi connectivity index (χ2v) is 4.33. The smallest absolute Gasteiger partial charge is 0.255 e. The number of imidazole rings is 1. The highest BCUT2D eigenvalue weighted by molar-refractivity contribution is 6.05. The van der Waals surface area contributed by atoms with E-state index in [1.807, 2.05) is 0 Å². The van der Waals surface area contributed by atoms with Gasteiger partial charge in [-0.15, -0.1) is 0 Å². The minimum atomic E-state index is -1.32. The van der Waals surface area contributed by atoms with Crippen LogP contribution in [0.3, 0.4) is 0 Å². The Hall–Kier alpha value is -2.83. The van der Waals surface area contributed by atoms with Crippen molar-refractivity contribution in [2.75, 3.05) is 5.32 Å². The van der Waals surface area contributed by atoms with Crippen LogP contribution in [0.1, 0.15) is 10.4 Å². The van der Waals surface area contributed by atoms with E-state index in [1.165, 1.54) is 18.5 Å². The number of rotatable bonds is 2. The van der Waals surface area contributed by atoms with Crippen LogP contribution in [-0.4, -0.2) is 15.9 Å². The van der Waals surface area contributed by atoms with Gasteiger partial charge < -0.3 is 10.3 Å². The van der Waals surface area contributed by atoms with Crippen molar-refractivity contribution < 1.29 is 18.0 Å². The zero-order chi connectivity index (χ0) is 15.0. The highest BCUT2D eigenvalue weighted by Gasteiger charge is 2.14. The Morgan fingerprint density at radius 1 is 1.05 bits per heavy atom. The lowest BCUT2D eigenvalue weighted by molar-refractivity contribution is 0.102. The molecule has 1 aromatic heterocycles. The topological polar surface area (TPSA) is 57.8 Å². The third kappa shape index (κ3) is 2.45. The number of halogens is 3. The molecule has 0 atom stereocenters. The fourth-order valence-electron chi connectivity index (χ4n) is 1.89. The first-order valence-electron chi connectivity index (χ1n) is 5.93. The molecule has 4 nitrogen and oxygen atoms in total. The standard InChI is InChI=1S/C14H8F3N3O/c15-8-4-10(17)12(5-9(8)16)20-14(21)7-1-2-11-13(3-7)19-6-18-11/h1-6H,(H,18,19)(H,20,21). The number of hydrogen-bond donors (Lipinski definition) is 2. The molecule has 0 radical (unpaired) electrons. The average molecular weight is 291 g/mol. The van der Waals surface area contributed by atoms with Crippen molar-refractivity contribution in [1.82, 2.24) is 9.97 Å². The SMILES string of the molecule is O=C(Nc1cc(F)c(F)cc1F)c1ccc2nc[nH]c2c1. The quantitative estimate of drug-likeness (QED) is 0.712. The van der Waals surface area contributed by atoms with Crippen molar-refractivity contribution in [3.63, 3.8) is 0 Å². The maximum Gasteiger partial charge on any atom is 0.255 e. The van der Waals surface area contributed by atoms with Crippen molar-refractivity contribution >= 4 is 22.6 Å². The molecule has 2 aromatic carbocycles. The molecule has 1 heterocycles. The van der Waals surface area contributed by atoms with Crippen LogP contribution in [0.25, 0.3) is 11.0 Å². The maximum atomic E-state index is 13.5. The van der Waals surface area contributed by atoms with Crippen molar-refractivity contribution in [2.24, 2.45) is 0 Å². The van der Waals surface area contributed by atoms with E-state index in [2.05, 4.69) is 15.3 Å². The third-order valence-electron chi connectivity index (χ3n) is 2.94. The number of nitrogens with one attached hydrogen (secondary N) is 2. The molecule has 0 saturated heterocycles. The van der Waals surface area contributed by atoms with Crippen LogP contribution in [0.4, 0.5) is 18.9 Å². The van der Waals surface area contributed by atoms with Crippen molar-refractivity contribution in [1.29, 1.82) is 0 Å². The number of hydrogen-bond acceptors (Lipinski definition) is 2. The zero-order valence-corrected chi connectivity index (χ0v) is 10.5. The van der Waals surface area contributed by atoms with Crippen LogP contribution in [-0.2, 0) is 0 Å². The minimum absolute atomic E-state index is 0.232. The summed E-state index contributed by atoms with van der Waals surface area (Å²) in [6.45, 7) is 0. The van der Waals surface area contributed by atoms with Gasteiger partial charge >= 0.3 is 0 Å². The number of H-pyrrole nitrogens is 1. The van der Waals surface area contributed by atoms with Gasteiger partial charge in [0.25, 0.3) is 5.91 Å². The van der Waals surface area contributed by atoms with Gasteiger partial charge in [0, 0.05) is 17.7 Å². The summed E-state index contributed by atoms with van der Waals surface area (Å²) in [4.78, 5) is 18.8. The van der Waals surface area contributed by atoms with E-state index < -0.39 is 29.0 Å². The zero-order valence-electron chi connectivity index (χ0n) is 10.5. The average Bonchev–Trinajstić information content (AvgIpc) is 2.92. The molecule has 0 unspecified atom stereocenters. The summed E-state index contributed by atoms with van der Waals surface area (Å²) in [6, 6.07) is 5.61. The number of aromatic amines is 1. The molecular weight excluding hydrogens is 283 g/mol. The lowest BCUT2D eigenvalue weighted by atomic mass is 10.2. The van der Waals surface area contributed by atoms with Gasteiger partial charge in [-0.3, -0.25) is 4.79 Å². The van der Waals surface area contributed by atoms with E-state index in [1.54, 1.807) is 6.07 Å². The predicted molar refractivity (Wildman–Crippen MR) is 70.4 cm³/mol. The third-order valence-corrected chi connectivity index (χ3v) is 2.94. The second kappa shape index (κ2) is 4.93. The lowest BCUT2D eigenvalue weighted by Crippen LogP contribution is -2.13. The highest BCUT2D eigenvalue weighted by Crippen LogP contribution is 2.20. The Kier molecular flexibility index (Phi) is 3.09. The van der Waals surface area contributed by atoms with Gasteiger partial charge in [0.15, 0.2) is 11.6 Å². The summed E-state index contributed by atoms with van der Waals surface area (Å²) in [7, 11) is 0. The van der Waals surface area contributed by atoms with Crippen molar-refractivity contribution in [2.45, 2.75) is 0 Å². The Balaban J connectivity index is 1.90. The number of nitrogens with zero attached hydrogens (tertiary/aromatic N) is 1. The van der Waals surface area contributed by atoms with E-state index in [4.69, 9.17) is 0 Å². The van der Waals surface area contributed by atoms with Crippen LogP contribution in [0.15, 0.2) is 36.7 Å². The number of fused-ring (bicyclic) bond motifs is 1. The molecule has 2 N–H and O–H groups in total.